The van der Waals surface area contributed by atoms with E-state index in [1.54, 1.807) is 58.6 Å². The van der Waals surface area contributed by atoms with Gasteiger partial charge in [0.25, 0.3) is 11.8 Å². The largest absolute Gasteiger partial charge is 0.493 e. The van der Waals surface area contributed by atoms with E-state index in [1.807, 2.05) is 54.6 Å². The van der Waals surface area contributed by atoms with Crippen molar-refractivity contribution in [1.29, 1.82) is 0 Å². The SMILES string of the molecule is COc1cc2c(cc1OCc1cc(COc3cc4c(cc3OC)C(=O)N3c5ccccc5C[C@H]3C=N4)cc(NC(=O)CNC(=O)[C@H](C)NC(=O)CCCCC(N)=O)c1)N=CC1Cc3ccccc3N1C2=O. The number of nitrogens with two attached hydrogens (primary N) is 1. The summed E-state index contributed by atoms with van der Waals surface area (Å²) in [6.07, 6.45) is 6.00. The average molecular weight is 961 g/mol. The summed E-state index contributed by atoms with van der Waals surface area (Å²) in [5, 5.41) is 8.00. The third-order valence-electron chi connectivity index (χ3n) is 12.7. The lowest BCUT2D eigenvalue weighted by Gasteiger charge is -2.22. The highest BCUT2D eigenvalue weighted by Gasteiger charge is 2.38. The number of primary amides is 1. The summed E-state index contributed by atoms with van der Waals surface area (Å²) in [6, 6.07) is 26.0. The van der Waals surface area contributed by atoms with Crippen molar-refractivity contribution >= 4 is 76.3 Å². The molecule has 5 N–H and O–H groups in total. The van der Waals surface area contributed by atoms with Crippen molar-refractivity contribution < 1.29 is 47.7 Å². The van der Waals surface area contributed by atoms with Crippen molar-refractivity contribution in [3.8, 4) is 23.0 Å². The second-order valence-corrected chi connectivity index (χ2v) is 17.6. The van der Waals surface area contributed by atoms with Gasteiger partial charge in [-0.2, -0.15) is 0 Å². The zero-order chi connectivity index (χ0) is 49.8. The summed E-state index contributed by atoms with van der Waals surface area (Å²) < 4.78 is 24.2. The maximum absolute atomic E-state index is 14.0. The lowest BCUT2D eigenvalue weighted by atomic mass is 10.1. The van der Waals surface area contributed by atoms with Gasteiger partial charge in [0.05, 0.1) is 55.3 Å². The Balaban J connectivity index is 0.929. The van der Waals surface area contributed by atoms with Crippen LogP contribution in [0.1, 0.15) is 75.6 Å². The average Bonchev–Trinajstić information content (AvgIpc) is 3.86. The van der Waals surface area contributed by atoms with E-state index in [9.17, 15) is 28.8 Å². The quantitative estimate of drug-likeness (QED) is 0.0744. The van der Waals surface area contributed by atoms with Crippen LogP contribution in [0, 0.1) is 0 Å². The number of ether oxygens (including phenoxy) is 4. The zero-order valence-corrected chi connectivity index (χ0v) is 39.4. The summed E-state index contributed by atoms with van der Waals surface area (Å²) in [6.45, 7) is 1.04. The second kappa shape index (κ2) is 20.6. The van der Waals surface area contributed by atoms with Crippen LogP contribution in [-0.2, 0) is 45.2 Å². The molecule has 5 aromatic rings. The number of methoxy groups -OCH3 is 2. The van der Waals surface area contributed by atoms with Gasteiger partial charge in [-0.3, -0.25) is 48.6 Å². The van der Waals surface area contributed by atoms with E-state index in [-0.39, 0.29) is 55.9 Å². The van der Waals surface area contributed by atoms with Gasteiger partial charge in [-0.25, -0.2) is 0 Å². The number of aliphatic imine (C=N–C) groups is 2. The number of amides is 6. The minimum absolute atomic E-state index is 0.0259. The van der Waals surface area contributed by atoms with Crippen molar-refractivity contribution in [1.82, 2.24) is 10.6 Å². The molecule has 4 aliphatic heterocycles. The van der Waals surface area contributed by atoms with Gasteiger partial charge in [0.15, 0.2) is 23.0 Å². The molecule has 0 spiro atoms. The lowest BCUT2D eigenvalue weighted by molar-refractivity contribution is -0.129. The molecular formula is C53H52N8O10. The highest BCUT2D eigenvalue weighted by atomic mass is 16.5. The molecule has 0 radical (unpaired) electrons. The smallest absolute Gasteiger partial charge is 0.261 e. The van der Waals surface area contributed by atoms with Gasteiger partial charge in [0.1, 0.15) is 19.3 Å². The fourth-order valence-corrected chi connectivity index (χ4v) is 9.19. The molecule has 18 heteroatoms. The van der Waals surface area contributed by atoms with Crippen molar-refractivity contribution in [3.05, 3.63) is 124 Å². The molecule has 1 unspecified atom stereocenters. The van der Waals surface area contributed by atoms with Crippen molar-refractivity contribution in [2.45, 2.75) is 76.8 Å². The van der Waals surface area contributed by atoms with Crippen LogP contribution >= 0.6 is 0 Å². The number of para-hydroxylation sites is 2. The van der Waals surface area contributed by atoms with Gasteiger partial charge in [0.2, 0.25) is 23.6 Å². The number of nitrogens with one attached hydrogen (secondary N) is 3. The first-order chi connectivity index (χ1) is 34.4. The fraction of sp³-hybridized carbons (Fsp3) is 0.283. The molecule has 6 amide bonds. The summed E-state index contributed by atoms with van der Waals surface area (Å²) in [4.78, 5) is 90.6. The van der Waals surface area contributed by atoms with Crippen LogP contribution in [0.4, 0.5) is 28.4 Å². The van der Waals surface area contributed by atoms with Crippen LogP contribution in [0.15, 0.2) is 101 Å². The van der Waals surface area contributed by atoms with Crippen LogP contribution < -0.4 is 50.4 Å². The first-order valence-corrected chi connectivity index (χ1v) is 23.3. The molecular weight excluding hydrogens is 909 g/mol. The van der Waals surface area contributed by atoms with E-state index < -0.39 is 30.3 Å². The maximum atomic E-state index is 14.0. The Kier molecular flexibility index (Phi) is 13.8. The number of hydrogen-bond acceptors (Lipinski definition) is 12. The van der Waals surface area contributed by atoms with Crippen LogP contribution in [0.3, 0.4) is 0 Å². The van der Waals surface area contributed by atoms with Gasteiger partial charge in [-0.05, 0) is 84.5 Å². The van der Waals surface area contributed by atoms with Gasteiger partial charge < -0.3 is 40.6 Å². The Hall–Kier alpha value is -8.54. The molecule has 18 nitrogen and oxygen atoms in total. The minimum atomic E-state index is -0.930. The van der Waals surface area contributed by atoms with E-state index in [0.717, 1.165) is 22.5 Å². The molecule has 9 rings (SSSR count). The molecule has 71 heavy (non-hydrogen) atoms. The highest BCUT2D eigenvalue weighted by Crippen LogP contribution is 2.43. The first kappa shape index (κ1) is 47.5. The third-order valence-corrected chi connectivity index (χ3v) is 12.7. The lowest BCUT2D eigenvalue weighted by Crippen LogP contribution is -2.46. The van der Waals surface area contributed by atoms with E-state index in [4.69, 9.17) is 34.7 Å². The van der Waals surface area contributed by atoms with Crippen molar-refractivity contribution in [2.24, 2.45) is 15.7 Å². The van der Waals surface area contributed by atoms with Crippen molar-refractivity contribution in [3.63, 3.8) is 0 Å². The molecule has 0 aromatic heterocycles. The van der Waals surface area contributed by atoms with Gasteiger partial charge in [-0.15, -0.1) is 0 Å². The summed E-state index contributed by atoms with van der Waals surface area (Å²) in [7, 11) is 2.97. The monoisotopic (exact) mass is 960 g/mol. The number of rotatable bonds is 18. The van der Waals surface area contributed by atoms with E-state index in [0.29, 0.717) is 88.0 Å². The molecule has 0 saturated carbocycles. The topological polar surface area (TPSA) is 233 Å². The van der Waals surface area contributed by atoms with Crippen molar-refractivity contribution in [2.75, 3.05) is 35.9 Å². The van der Waals surface area contributed by atoms with E-state index in [2.05, 4.69) is 16.0 Å². The zero-order valence-electron chi connectivity index (χ0n) is 39.4. The standard InChI is InChI=1S/C53H52N8O10/c1-30(58-49(63)15-9-8-14-48(54)62)51(65)57-27-50(64)59-35-17-31(28-70-46-23-40-38(21-44(46)68-2)52(66)60-36(25-55-40)19-33-10-4-6-12-42(33)60)16-32(18-35)29-71-47-24-41-39(22-45(47)69-3)53(67)61-37(26-56-41)20-34-11-5-7-13-43(34)61/h4-7,10-13,16-18,21-26,30,36-37H,8-9,14-15,19-20,27-29H2,1-3H3,(H2,54,62)(H,57,65)(H,58,63)(H,59,64)/t30-,36-,37?/m0/s1. The third kappa shape index (κ3) is 10.3. The Morgan fingerprint density at radius 1 is 0.676 bits per heavy atom. The molecule has 0 saturated heterocycles. The molecule has 0 bridgehead atoms. The number of fused-ring (bicyclic) bond motifs is 8. The summed E-state index contributed by atoms with van der Waals surface area (Å²) in [5.41, 5.74) is 12.1. The second-order valence-electron chi connectivity index (χ2n) is 17.6. The summed E-state index contributed by atoms with van der Waals surface area (Å²) in [5.74, 6) is -1.06. The fourth-order valence-electron chi connectivity index (χ4n) is 9.19. The van der Waals surface area contributed by atoms with Gasteiger partial charge in [-0.1, -0.05) is 36.4 Å². The molecule has 364 valence electrons. The number of hydrogen-bond donors (Lipinski definition) is 4. The maximum Gasteiger partial charge on any atom is 0.261 e. The van der Waals surface area contributed by atoms with Crippen LogP contribution in [0.25, 0.3) is 0 Å². The van der Waals surface area contributed by atoms with E-state index >= 15 is 0 Å². The number of anilines is 3. The number of unbranched alkanes of at least 4 members (excludes halogenated alkanes) is 1. The van der Waals surface area contributed by atoms with E-state index in [1.165, 1.54) is 21.1 Å². The molecule has 3 atom stereocenters. The van der Waals surface area contributed by atoms with Gasteiger partial charge >= 0.3 is 0 Å². The first-order valence-electron chi connectivity index (χ1n) is 23.3. The van der Waals surface area contributed by atoms with Crippen LogP contribution in [0.5, 0.6) is 23.0 Å². The summed E-state index contributed by atoms with van der Waals surface area (Å²) >= 11 is 0. The Morgan fingerprint density at radius 3 is 1.69 bits per heavy atom. The molecule has 4 aliphatic rings. The Morgan fingerprint density at radius 2 is 1.18 bits per heavy atom. The molecule has 0 aliphatic carbocycles. The molecule has 5 aromatic carbocycles. The number of nitrogens with zero attached hydrogens (tertiary/aromatic N) is 4. The Bertz CT molecular complexity index is 2860. The molecule has 0 fully saturated rings. The van der Waals surface area contributed by atoms with Crippen LogP contribution in [0.2, 0.25) is 0 Å². The van der Waals surface area contributed by atoms with Crippen LogP contribution in [-0.4, -0.2) is 86.8 Å². The number of carbonyl (C=O) groups is 6. The normalized spacial score (nSPS) is 16.2. The Labute approximate surface area is 409 Å². The number of carbonyl (C=O) groups excluding carboxylic acids is 6. The van der Waals surface area contributed by atoms with Gasteiger partial charge in [0, 0.05) is 67.3 Å². The predicted octanol–water partition coefficient (Wildman–Crippen LogP) is 6.04. The predicted molar refractivity (Wildman–Crippen MR) is 266 cm³/mol. The highest BCUT2D eigenvalue weighted by molar-refractivity contribution is 6.16. The molecule has 4 heterocycles. The number of benzene rings is 5. The minimum Gasteiger partial charge on any atom is -0.493 e.